The predicted molar refractivity (Wildman–Crippen MR) is 132 cm³/mol. The standard InChI is InChI=1S/C27H40N2O4/c1-2-16-29(22-9-10-23-21(19-22)8-12-25(31)27(23)33)17-6-4-3-5-14-28-15-13-20-7-11-24(30)26(32)18-20/h7-8,11-12,18,22,28,30-33H,2-6,9-10,13-17,19H2,1H3. The van der Waals surface area contributed by atoms with E-state index in [1.165, 1.54) is 30.9 Å². The van der Waals surface area contributed by atoms with Crippen molar-refractivity contribution in [1.29, 1.82) is 0 Å². The first-order valence-electron chi connectivity index (χ1n) is 12.5. The summed E-state index contributed by atoms with van der Waals surface area (Å²) in [5, 5.41) is 42.3. The van der Waals surface area contributed by atoms with E-state index in [2.05, 4.69) is 17.1 Å². The number of nitrogens with zero attached hydrogens (tertiary/aromatic N) is 1. The van der Waals surface area contributed by atoms with Gasteiger partial charge in [0, 0.05) is 11.6 Å². The van der Waals surface area contributed by atoms with Crippen LogP contribution in [0.15, 0.2) is 30.3 Å². The Hall–Kier alpha value is -2.44. The molecule has 1 aliphatic rings. The zero-order valence-corrected chi connectivity index (χ0v) is 19.9. The van der Waals surface area contributed by atoms with Gasteiger partial charge in [0.15, 0.2) is 23.0 Å². The summed E-state index contributed by atoms with van der Waals surface area (Å²) in [5.74, 6) is -0.0637. The van der Waals surface area contributed by atoms with Gasteiger partial charge in [-0.05, 0) is 100 Å². The molecule has 3 rings (SSSR count). The molecule has 1 unspecified atom stereocenters. The van der Waals surface area contributed by atoms with Crippen LogP contribution in [0.5, 0.6) is 23.0 Å². The monoisotopic (exact) mass is 456 g/mol. The molecule has 0 spiro atoms. The van der Waals surface area contributed by atoms with Crippen LogP contribution in [-0.2, 0) is 19.3 Å². The van der Waals surface area contributed by atoms with Crippen LogP contribution in [0.4, 0.5) is 0 Å². The summed E-state index contributed by atoms with van der Waals surface area (Å²) in [6.45, 7) is 6.33. The highest BCUT2D eigenvalue weighted by Crippen LogP contribution is 2.36. The Bertz CT molecular complexity index is 887. The number of phenols is 4. The molecule has 0 saturated carbocycles. The molecule has 182 valence electrons. The summed E-state index contributed by atoms with van der Waals surface area (Å²) in [5.41, 5.74) is 3.12. The van der Waals surface area contributed by atoms with Gasteiger partial charge >= 0.3 is 0 Å². The van der Waals surface area contributed by atoms with Gasteiger partial charge < -0.3 is 30.6 Å². The third-order valence-corrected chi connectivity index (χ3v) is 6.75. The van der Waals surface area contributed by atoms with Gasteiger partial charge in [0.2, 0.25) is 0 Å². The van der Waals surface area contributed by atoms with E-state index in [-0.39, 0.29) is 23.0 Å². The maximum atomic E-state index is 10.1. The highest BCUT2D eigenvalue weighted by Gasteiger charge is 2.26. The zero-order valence-electron chi connectivity index (χ0n) is 19.9. The Balaban J connectivity index is 1.30. The molecule has 1 atom stereocenters. The molecule has 2 aromatic rings. The van der Waals surface area contributed by atoms with Crippen molar-refractivity contribution in [2.45, 2.75) is 70.8 Å². The van der Waals surface area contributed by atoms with Crippen molar-refractivity contribution in [2.24, 2.45) is 0 Å². The summed E-state index contributed by atoms with van der Waals surface area (Å²) in [7, 11) is 0. The summed E-state index contributed by atoms with van der Waals surface area (Å²) < 4.78 is 0. The number of hydrogen-bond donors (Lipinski definition) is 5. The highest BCUT2D eigenvalue weighted by atomic mass is 16.3. The van der Waals surface area contributed by atoms with Gasteiger partial charge in [-0.2, -0.15) is 0 Å². The van der Waals surface area contributed by atoms with Crippen LogP contribution in [0.1, 0.15) is 62.1 Å². The molecule has 0 radical (unpaired) electrons. The molecular formula is C27H40N2O4. The van der Waals surface area contributed by atoms with Crippen LogP contribution in [0.25, 0.3) is 0 Å². The van der Waals surface area contributed by atoms with Gasteiger partial charge in [-0.1, -0.05) is 31.9 Å². The third kappa shape index (κ3) is 7.27. The minimum atomic E-state index is -0.0721. The SMILES string of the molecule is CCCN(CCCCCCNCCc1ccc(O)c(O)c1)C1CCc2c(ccc(O)c2O)C1. The number of rotatable bonds is 13. The fraction of sp³-hybridized carbons (Fsp3) is 0.556. The first-order chi connectivity index (χ1) is 16.0. The van der Waals surface area contributed by atoms with E-state index in [9.17, 15) is 20.4 Å². The Labute approximate surface area is 197 Å². The lowest BCUT2D eigenvalue weighted by atomic mass is 9.86. The molecule has 5 N–H and O–H groups in total. The second-order valence-corrected chi connectivity index (χ2v) is 9.24. The molecule has 6 nitrogen and oxygen atoms in total. The molecule has 0 amide bonds. The van der Waals surface area contributed by atoms with Crippen molar-refractivity contribution in [3.8, 4) is 23.0 Å². The van der Waals surface area contributed by atoms with Crippen LogP contribution < -0.4 is 5.32 Å². The second-order valence-electron chi connectivity index (χ2n) is 9.24. The molecule has 0 bridgehead atoms. The van der Waals surface area contributed by atoms with Gasteiger partial charge in [-0.15, -0.1) is 0 Å². The number of unbranched alkanes of at least 4 members (excludes halogenated alkanes) is 3. The molecule has 33 heavy (non-hydrogen) atoms. The zero-order chi connectivity index (χ0) is 23.6. The van der Waals surface area contributed by atoms with Crippen molar-refractivity contribution in [1.82, 2.24) is 10.2 Å². The second kappa shape index (κ2) is 12.7. The van der Waals surface area contributed by atoms with Gasteiger partial charge in [0.25, 0.3) is 0 Å². The lowest BCUT2D eigenvalue weighted by Gasteiger charge is -2.35. The van der Waals surface area contributed by atoms with Crippen molar-refractivity contribution in [3.63, 3.8) is 0 Å². The number of nitrogens with one attached hydrogen (secondary N) is 1. The minimum Gasteiger partial charge on any atom is -0.504 e. The minimum absolute atomic E-state index is 0.00763. The molecule has 1 aliphatic carbocycles. The van der Waals surface area contributed by atoms with E-state index in [1.54, 1.807) is 12.1 Å². The molecule has 2 aromatic carbocycles. The lowest BCUT2D eigenvalue weighted by Crippen LogP contribution is -2.40. The molecule has 0 saturated heterocycles. The van der Waals surface area contributed by atoms with Crippen molar-refractivity contribution >= 4 is 0 Å². The van der Waals surface area contributed by atoms with Crippen LogP contribution >= 0.6 is 0 Å². The lowest BCUT2D eigenvalue weighted by molar-refractivity contribution is 0.175. The number of benzene rings is 2. The first-order valence-corrected chi connectivity index (χ1v) is 12.5. The first kappa shape index (κ1) is 25.2. The Morgan fingerprint density at radius 2 is 1.67 bits per heavy atom. The topological polar surface area (TPSA) is 96.2 Å². The third-order valence-electron chi connectivity index (χ3n) is 6.75. The quantitative estimate of drug-likeness (QED) is 0.225. The Kier molecular flexibility index (Phi) is 9.70. The molecule has 0 aliphatic heterocycles. The van der Waals surface area contributed by atoms with Crippen LogP contribution in [0.2, 0.25) is 0 Å². The van der Waals surface area contributed by atoms with Gasteiger partial charge in [-0.3, -0.25) is 0 Å². The molecule has 6 heteroatoms. The van der Waals surface area contributed by atoms with Crippen LogP contribution in [0.3, 0.4) is 0 Å². The van der Waals surface area contributed by atoms with Crippen LogP contribution in [-0.4, -0.2) is 57.5 Å². The Morgan fingerprint density at radius 1 is 0.879 bits per heavy atom. The van der Waals surface area contributed by atoms with Gasteiger partial charge in [0.1, 0.15) is 0 Å². The van der Waals surface area contributed by atoms with Crippen molar-refractivity contribution < 1.29 is 20.4 Å². The van der Waals surface area contributed by atoms with E-state index >= 15 is 0 Å². The maximum absolute atomic E-state index is 10.1. The average Bonchev–Trinajstić information content (AvgIpc) is 2.81. The van der Waals surface area contributed by atoms with Crippen molar-refractivity contribution in [3.05, 3.63) is 47.0 Å². The summed E-state index contributed by atoms with van der Waals surface area (Å²) in [6.07, 6.45) is 9.60. The number of phenolic OH excluding ortho intramolecular Hbond substituents is 4. The van der Waals surface area contributed by atoms with Gasteiger partial charge in [-0.25, -0.2) is 0 Å². The van der Waals surface area contributed by atoms with E-state index in [0.29, 0.717) is 6.04 Å². The average molecular weight is 457 g/mol. The maximum Gasteiger partial charge on any atom is 0.160 e. The van der Waals surface area contributed by atoms with Crippen molar-refractivity contribution in [2.75, 3.05) is 26.2 Å². The molecular weight excluding hydrogens is 416 g/mol. The molecule has 0 aromatic heterocycles. The largest absolute Gasteiger partial charge is 0.504 e. The molecule has 0 heterocycles. The summed E-state index contributed by atoms with van der Waals surface area (Å²) >= 11 is 0. The highest BCUT2D eigenvalue weighted by molar-refractivity contribution is 5.50. The van der Waals surface area contributed by atoms with E-state index < -0.39 is 0 Å². The number of hydrogen-bond acceptors (Lipinski definition) is 6. The summed E-state index contributed by atoms with van der Waals surface area (Å²) in [4.78, 5) is 2.62. The van der Waals surface area contributed by atoms with E-state index in [0.717, 1.165) is 75.8 Å². The van der Waals surface area contributed by atoms with Gasteiger partial charge in [0.05, 0.1) is 0 Å². The number of fused-ring (bicyclic) bond motifs is 1. The predicted octanol–water partition coefficient (Wildman–Crippen LogP) is 4.47. The number of aromatic hydroxyl groups is 4. The van der Waals surface area contributed by atoms with E-state index in [1.807, 2.05) is 12.1 Å². The van der Waals surface area contributed by atoms with Crippen LogP contribution in [0, 0.1) is 0 Å². The Morgan fingerprint density at radius 3 is 2.45 bits per heavy atom. The van der Waals surface area contributed by atoms with E-state index in [4.69, 9.17) is 0 Å². The fourth-order valence-electron chi connectivity index (χ4n) is 4.88. The molecule has 0 fully saturated rings. The summed E-state index contributed by atoms with van der Waals surface area (Å²) in [6, 6.07) is 9.10. The smallest absolute Gasteiger partial charge is 0.160 e. The fourth-order valence-corrected chi connectivity index (χ4v) is 4.88. The normalized spacial score (nSPS) is 15.6.